The number of rotatable bonds is 4. The minimum atomic E-state index is -0.548. The summed E-state index contributed by atoms with van der Waals surface area (Å²) < 4.78 is 7.52. The molecule has 1 nitrogen and oxygen atoms in total. The Morgan fingerprint density at radius 2 is 1.58 bits per heavy atom. The van der Waals surface area contributed by atoms with Gasteiger partial charge in [-0.05, 0) is 0 Å². The first-order valence-corrected chi connectivity index (χ1v) is 9.50. The zero-order chi connectivity index (χ0) is 16.5. The van der Waals surface area contributed by atoms with Crippen LogP contribution in [0.4, 0.5) is 0 Å². The van der Waals surface area contributed by atoms with Gasteiger partial charge in [0.1, 0.15) is 0 Å². The molecule has 1 aliphatic rings. The molecule has 0 N–H and O–H groups in total. The number of halogens is 2. The fourth-order valence-electron chi connectivity index (χ4n) is 2.94. The second kappa shape index (κ2) is 9.60. The van der Waals surface area contributed by atoms with E-state index in [1.807, 2.05) is 0 Å². The van der Waals surface area contributed by atoms with E-state index in [-0.39, 0.29) is 30.2 Å². The Morgan fingerprint density at radius 1 is 1.00 bits per heavy atom. The Morgan fingerprint density at radius 3 is 2.08 bits per heavy atom. The van der Waals surface area contributed by atoms with E-state index in [1.165, 1.54) is 31.7 Å². The summed E-state index contributed by atoms with van der Waals surface area (Å²) in [4.78, 5) is 0. The van der Waals surface area contributed by atoms with Crippen LogP contribution in [0.2, 0.25) is 0 Å². The summed E-state index contributed by atoms with van der Waals surface area (Å²) in [5.74, 6) is 0.523. The molecule has 4 heteroatoms. The monoisotopic (exact) mass is 402 g/mol. The summed E-state index contributed by atoms with van der Waals surface area (Å²) in [7, 11) is 0. The van der Waals surface area contributed by atoms with Gasteiger partial charge in [-0.3, -0.25) is 0 Å². The predicted octanol–water partition coefficient (Wildman–Crippen LogP) is -0.860. The topological polar surface area (TPSA) is 9.23 Å². The van der Waals surface area contributed by atoms with Gasteiger partial charge >= 0.3 is 145 Å². The second-order valence-corrected chi connectivity index (χ2v) is 9.18. The molecule has 1 unspecified atom stereocenters. The Hall–Kier alpha value is -0.0457. The first-order valence-electron chi connectivity index (χ1n) is 8.08. The Bertz CT molecular complexity index is 627. The van der Waals surface area contributed by atoms with Gasteiger partial charge in [0.05, 0.1) is 0 Å². The molecule has 0 spiro atoms. The Kier molecular flexibility index (Phi) is 9.58. The third-order valence-electron chi connectivity index (χ3n) is 4.55. The van der Waals surface area contributed by atoms with Gasteiger partial charge in [0, 0.05) is 0 Å². The number of benzene rings is 1. The van der Waals surface area contributed by atoms with E-state index < -0.39 is 19.5 Å². The number of allylic oxidation sites excluding steroid dienone is 4. The van der Waals surface area contributed by atoms with E-state index in [9.17, 15) is 0 Å². The van der Waals surface area contributed by atoms with Crippen molar-refractivity contribution in [2.75, 3.05) is 6.61 Å². The molecule has 0 saturated carbocycles. The standard InChI is InChI=1S/C15H17.C5H11O.2ClH.Ti/c1-10-11(2)13(4)15(12(10)3)14-8-6-5-7-9-14;1-5(2,3)4-6;;;/h5-8,12H,1-4H3;4H2,1-3H3;2*1H;/q;-1;;;+3/p-2. The SMILES string of the molecule is CC1=C(C)C(C)C(c2cccc[c]2[Ti+2][O]CC(C)(C)C)=C1C.[Cl-].[Cl-]. The van der Waals surface area contributed by atoms with Gasteiger partial charge in [0.25, 0.3) is 0 Å². The van der Waals surface area contributed by atoms with Gasteiger partial charge in [-0.15, -0.1) is 0 Å². The summed E-state index contributed by atoms with van der Waals surface area (Å²) in [5, 5.41) is 0. The van der Waals surface area contributed by atoms with Crippen molar-refractivity contribution in [3.8, 4) is 0 Å². The van der Waals surface area contributed by atoms with Crippen molar-refractivity contribution in [3.63, 3.8) is 0 Å². The molecule has 1 atom stereocenters. The summed E-state index contributed by atoms with van der Waals surface area (Å²) in [6.45, 7) is 16.6. The average molecular weight is 403 g/mol. The Balaban J connectivity index is 0.00000264. The Labute approximate surface area is 169 Å². The van der Waals surface area contributed by atoms with Gasteiger partial charge in [-0.2, -0.15) is 0 Å². The predicted molar refractivity (Wildman–Crippen MR) is 91.6 cm³/mol. The van der Waals surface area contributed by atoms with Crippen LogP contribution < -0.4 is 28.7 Å². The smallest absolute Gasteiger partial charge is 1.00 e. The molecule has 2 rings (SSSR count). The number of hydrogen-bond acceptors (Lipinski definition) is 1. The second-order valence-electron chi connectivity index (χ2n) is 7.57. The maximum absolute atomic E-state index is 6.10. The first-order chi connectivity index (χ1) is 10.2. The van der Waals surface area contributed by atoms with Crippen LogP contribution >= 0.6 is 0 Å². The molecular formula is C20H28Cl2OTi. The zero-order valence-electron chi connectivity index (χ0n) is 15.8. The van der Waals surface area contributed by atoms with Crippen molar-refractivity contribution < 1.29 is 47.7 Å². The van der Waals surface area contributed by atoms with Crippen molar-refractivity contribution >= 4 is 9.44 Å². The van der Waals surface area contributed by atoms with E-state index in [1.54, 1.807) is 0 Å². The first kappa shape index (κ1) is 24.0. The quantitative estimate of drug-likeness (QED) is 0.595. The van der Waals surface area contributed by atoms with Crippen LogP contribution in [-0.4, -0.2) is 6.61 Å². The summed E-state index contributed by atoms with van der Waals surface area (Å²) in [5.41, 5.74) is 7.60. The van der Waals surface area contributed by atoms with E-state index >= 15 is 0 Å². The van der Waals surface area contributed by atoms with Crippen molar-refractivity contribution in [1.29, 1.82) is 0 Å². The van der Waals surface area contributed by atoms with Crippen LogP contribution in [0.5, 0.6) is 0 Å². The molecule has 1 aliphatic carbocycles. The molecule has 1 aromatic rings. The summed E-state index contributed by atoms with van der Waals surface area (Å²) >= 11 is -0.548. The van der Waals surface area contributed by atoms with Crippen molar-refractivity contribution in [1.82, 2.24) is 0 Å². The molecule has 0 amide bonds. The van der Waals surface area contributed by atoms with Crippen LogP contribution in [0, 0.1) is 11.3 Å². The van der Waals surface area contributed by atoms with E-state index in [4.69, 9.17) is 3.32 Å². The maximum atomic E-state index is 6.10. The van der Waals surface area contributed by atoms with E-state index in [2.05, 4.69) is 72.7 Å². The molecule has 0 radical (unpaired) electrons. The molecule has 24 heavy (non-hydrogen) atoms. The van der Waals surface area contributed by atoms with Gasteiger partial charge in [-0.25, -0.2) is 0 Å². The van der Waals surface area contributed by atoms with Gasteiger partial charge in [0.15, 0.2) is 0 Å². The van der Waals surface area contributed by atoms with Crippen molar-refractivity contribution in [3.05, 3.63) is 46.5 Å². The molecule has 0 aliphatic heterocycles. The van der Waals surface area contributed by atoms with Gasteiger partial charge in [-0.1, -0.05) is 0 Å². The van der Waals surface area contributed by atoms with Crippen LogP contribution in [-0.2, 0) is 22.9 Å². The molecule has 0 bridgehead atoms. The van der Waals surface area contributed by atoms with Crippen LogP contribution in [0.1, 0.15) is 54.0 Å². The van der Waals surface area contributed by atoms with E-state index in [0.29, 0.717) is 5.92 Å². The number of hydrogen-bond donors (Lipinski definition) is 0. The fourth-order valence-corrected chi connectivity index (χ4v) is 4.74. The minimum Gasteiger partial charge on any atom is -1.00 e. The normalized spacial score (nSPS) is 17.4. The zero-order valence-corrected chi connectivity index (χ0v) is 18.8. The molecule has 0 heterocycles. The average Bonchev–Trinajstić information content (AvgIpc) is 2.63. The summed E-state index contributed by atoms with van der Waals surface area (Å²) in [6.07, 6.45) is 0. The molecule has 1 aromatic carbocycles. The third-order valence-corrected chi connectivity index (χ3v) is 6.02. The maximum Gasteiger partial charge on any atom is -1.00 e. The third kappa shape index (κ3) is 5.48. The van der Waals surface area contributed by atoms with Crippen LogP contribution in [0.25, 0.3) is 5.57 Å². The molecular weight excluding hydrogens is 375 g/mol. The van der Waals surface area contributed by atoms with Gasteiger partial charge < -0.3 is 24.8 Å². The van der Waals surface area contributed by atoms with Crippen molar-refractivity contribution in [2.45, 2.75) is 48.5 Å². The molecule has 132 valence electrons. The van der Waals surface area contributed by atoms with Crippen LogP contribution in [0.15, 0.2) is 41.0 Å². The molecule has 0 fully saturated rings. The molecule has 0 saturated heterocycles. The van der Waals surface area contributed by atoms with Gasteiger partial charge in [0.2, 0.25) is 0 Å². The van der Waals surface area contributed by atoms with Crippen LogP contribution in [0.3, 0.4) is 0 Å². The summed E-state index contributed by atoms with van der Waals surface area (Å²) in [6, 6.07) is 8.84. The largest absolute Gasteiger partial charge is 1.00 e. The minimum absolute atomic E-state index is 0. The van der Waals surface area contributed by atoms with Crippen molar-refractivity contribution in [2.24, 2.45) is 11.3 Å². The fraction of sp³-hybridized carbons (Fsp3) is 0.500. The molecule has 0 aromatic heterocycles. The van der Waals surface area contributed by atoms with E-state index in [0.717, 1.165) is 6.61 Å².